The first-order chi connectivity index (χ1) is 9.83. The van der Waals surface area contributed by atoms with Gasteiger partial charge in [0.15, 0.2) is 0 Å². The number of piperidine rings is 1. The second kappa shape index (κ2) is 6.87. The number of hydrogen-bond donors (Lipinski definition) is 1. The number of nitrogens with zero attached hydrogens (tertiary/aromatic N) is 2. The van der Waals surface area contributed by atoms with Gasteiger partial charge in [0.25, 0.3) is 0 Å². The Morgan fingerprint density at radius 3 is 2.75 bits per heavy atom. The van der Waals surface area contributed by atoms with E-state index in [2.05, 4.69) is 15.1 Å². The molecule has 0 spiro atoms. The first-order valence-corrected chi connectivity index (χ1v) is 8.16. The van der Waals surface area contributed by atoms with Crippen molar-refractivity contribution in [1.82, 2.24) is 15.1 Å². The lowest BCUT2D eigenvalue weighted by atomic mass is 10.0. The van der Waals surface area contributed by atoms with Crippen LogP contribution in [0.5, 0.6) is 0 Å². The quantitative estimate of drug-likeness (QED) is 0.816. The van der Waals surface area contributed by atoms with E-state index in [1.165, 1.54) is 12.8 Å². The summed E-state index contributed by atoms with van der Waals surface area (Å²) in [6.07, 6.45) is 5.50. The zero-order valence-electron chi connectivity index (χ0n) is 12.4. The molecule has 0 bridgehead atoms. The third-order valence-corrected chi connectivity index (χ3v) is 4.91. The minimum atomic E-state index is 0.347. The molecule has 3 fully saturated rings. The van der Waals surface area contributed by atoms with Crippen LogP contribution in [0.25, 0.3) is 0 Å². The number of amides is 1. The summed E-state index contributed by atoms with van der Waals surface area (Å²) in [6.45, 7) is 6.67. The molecule has 2 unspecified atom stereocenters. The summed E-state index contributed by atoms with van der Waals surface area (Å²) in [7, 11) is 0. The summed E-state index contributed by atoms with van der Waals surface area (Å²) in [6, 6.07) is 0.973. The van der Waals surface area contributed by atoms with Gasteiger partial charge < -0.3 is 15.0 Å². The van der Waals surface area contributed by atoms with Crippen LogP contribution in [-0.2, 0) is 9.53 Å². The lowest BCUT2D eigenvalue weighted by molar-refractivity contribution is -0.131. The third-order valence-electron chi connectivity index (χ3n) is 4.91. The average Bonchev–Trinajstić information content (AvgIpc) is 2.99. The van der Waals surface area contributed by atoms with Gasteiger partial charge in [-0.3, -0.25) is 9.69 Å². The second-order valence-corrected chi connectivity index (χ2v) is 6.28. The second-order valence-electron chi connectivity index (χ2n) is 6.28. The molecule has 3 saturated heterocycles. The first kappa shape index (κ1) is 14.3. The van der Waals surface area contributed by atoms with Crippen LogP contribution in [0.4, 0.5) is 0 Å². The van der Waals surface area contributed by atoms with Gasteiger partial charge >= 0.3 is 0 Å². The number of likely N-dealkylation sites (tertiary alicyclic amines) is 1. The number of rotatable bonds is 3. The van der Waals surface area contributed by atoms with Crippen LogP contribution in [0, 0.1) is 0 Å². The van der Waals surface area contributed by atoms with E-state index in [0.717, 1.165) is 58.8 Å². The molecule has 3 heterocycles. The SMILES string of the molecule is O=C(CC1CCCCN1)N1CCC(N2CCOCC2)C1. The number of nitrogens with one attached hydrogen (secondary N) is 1. The lowest BCUT2D eigenvalue weighted by Crippen LogP contribution is -2.45. The van der Waals surface area contributed by atoms with Crippen molar-refractivity contribution in [3.63, 3.8) is 0 Å². The van der Waals surface area contributed by atoms with E-state index in [1.54, 1.807) is 0 Å². The zero-order valence-corrected chi connectivity index (χ0v) is 12.4. The summed E-state index contributed by atoms with van der Waals surface area (Å²) in [4.78, 5) is 17.0. The van der Waals surface area contributed by atoms with Crippen molar-refractivity contribution in [2.24, 2.45) is 0 Å². The number of hydrogen-bond acceptors (Lipinski definition) is 4. The highest BCUT2D eigenvalue weighted by molar-refractivity contribution is 5.77. The van der Waals surface area contributed by atoms with Crippen molar-refractivity contribution >= 4 is 5.91 Å². The number of ether oxygens (including phenoxy) is 1. The van der Waals surface area contributed by atoms with Gasteiger partial charge in [-0.2, -0.15) is 0 Å². The average molecular weight is 281 g/mol. The number of carbonyl (C=O) groups is 1. The molecule has 0 radical (unpaired) electrons. The smallest absolute Gasteiger partial charge is 0.224 e. The summed E-state index contributed by atoms with van der Waals surface area (Å²) in [5.41, 5.74) is 0. The molecule has 3 aliphatic heterocycles. The van der Waals surface area contributed by atoms with E-state index in [-0.39, 0.29) is 0 Å². The molecule has 0 aromatic carbocycles. The normalized spacial score (nSPS) is 32.5. The van der Waals surface area contributed by atoms with Gasteiger partial charge in [-0.25, -0.2) is 0 Å². The predicted octanol–water partition coefficient (Wildman–Crippen LogP) is 0.452. The molecular formula is C15H27N3O2. The van der Waals surface area contributed by atoms with Gasteiger partial charge in [0.05, 0.1) is 13.2 Å². The standard InChI is InChI=1S/C15H27N3O2/c19-15(11-13-3-1-2-5-16-13)18-6-4-14(12-18)17-7-9-20-10-8-17/h13-14,16H,1-12H2. The molecule has 5 heteroatoms. The van der Waals surface area contributed by atoms with E-state index in [9.17, 15) is 4.79 Å². The van der Waals surface area contributed by atoms with Gasteiger partial charge in [-0.05, 0) is 25.8 Å². The fourth-order valence-corrected chi connectivity index (χ4v) is 3.65. The maximum absolute atomic E-state index is 12.4. The van der Waals surface area contributed by atoms with Crippen LogP contribution in [-0.4, -0.2) is 73.7 Å². The molecule has 5 nitrogen and oxygen atoms in total. The Morgan fingerprint density at radius 1 is 1.15 bits per heavy atom. The Bertz CT molecular complexity index is 325. The van der Waals surface area contributed by atoms with Gasteiger partial charge in [0, 0.05) is 44.7 Å². The molecule has 0 aliphatic carbocycles. The lowest BCUT2D eigenvalue weighted by Gasteiger charge is -2.32. The summed E-state index contributed by atoms with van der Waals surface area (Å²) in [5.74, 6) is 0.347. The summed E-state index contributed by atoms with van der Waals surface area (Å²) < 4.78 is 5.40. The minimum absolute atomic E-state index is 0.347. The summed E-state index contributed by atoms with van der Waals surface area (Å²) >= 11 is 0. The Balaban J connectivity index is 1.45. The molecule has 0 saturated carbocycles. The fraction of sp³-hybridized carbons (Fsp3) is 0.933. The molecule has 114 valence electrons. The van der Waals surface area contributed by atoms with Gasteiger partial charge in [-0.15, -0.1) is 0 Å². The van der Waals surface area contributed by atoms with Crippen molar-refractivity contribution in [3.05, 3.63) is 0 Å². The van der Waals surface area contributed by atoms with Gasteiger partial charge in [0.2, 0.25) is 5.91 Å². The Kier molecular flexibility index (Phi) is 4.91. The van der Waals surface area contributed by atoms with Crippen LogP contribution in [0.1, 0.15) is 32.1 Å². The summed E-state index contributed by atoms with van der Waals surface area (Å²) in [5, 5.41) is 3.47. The van der Waals surface area contributed by atoms with Crippen LogP contribution in [0.2, 0.25) is 0 Å². The van der Waals surface area contributed by atoms with E-state index in [1.807, 2.05) is 0 Å². The van der Waals surface area contributed by atoms with Crippen molar-refractivity contribution in [2.45, 2.75) is 44.2 Å². The molecule has 0 aromatic rings. The monoisotopic (exact) mass is 281 g/mol. The fourth-order valence-electron chi connectivity index (χ4n) is 3.65. The highest BCUT2D eigenvalue weighted by atomic mass is 16.5. The zero-order chi connectivity index (χ0) is 13.8. The molecule has 0 aromatic heterocycles. The first-order valence-electron chi connectivity index (χ1n) is 8.16. The molecule has 2 atom stereocenters. The molecule has 1 N–H and O–H groups in total. The molecule has 1 amide bonds. The van der Waals surface area contributed by atoms with E-state index in [0.29, 0.717) is 24.4 Å². The van der Waals surface area contributed by atoms with Gasteiger partial charge in [0.1, 0.15) is 0 Å². The Labute approximate surface area is 121 Å². The van der Waals surface area contributed by atoms with Crippen molar-refractivity contribution < 1.29 is 9.53 Å². The maximum atomic E-state index is 12.4. The van der Waals surface area contributed by atoms with Crippen molar-refractivity contribution in [3.8, 4) is 0 Å². The number of morpholine rings is 1. The third kappa shape index (κ3) is 3.51. The van der Waals surface area contributed by atoms with Crippen molar-refractivity contribution in [1.29, 1.82) is 0 Å². The molecule has 20 heavy (non-hydrogen) atoms. The van der Waals surface area contributed by atoms with Crippen LogP contribution < -0.4 is 5.32 Å². The predicted molar refractivity (Wildman–Crippen MR) is 77.6 cm³/mol. The Morgan fingerprint density at radius 2 is 2.00 bits per heavy atom. The molecular weight excluding hydrogens is 254 g/mol. The van der Waals surface area contributed by atoms with Gasteiger partial charge in [-0.1, -0.05) is 6.42 Å². The largest absolute Gasteiger partial charge is 0.379 e. The van der Waals surface area contributed by atoms with Crippen LogP contribution in [0.3, 0.4) is 0 Å². The molecule has 3 aliphatic rings. The van der Waals surface area contributed by atoms with Crippen molar-refractivity contribution in [2.75, 3.05) is 45.9 Å². The highest BCUT2D eigenvalue weighted by Crippen LogP contribution is 2.19. The van der Waals surface area contributed by atoms with E-state index in [4.69, 9.17) is 4.74 Å². The van der Waals surface area contributed by atoms with Crippen LogP contribution in [0.15, 0.2) is 0 Å². The van der Waals surface area contributed by atoms with E-state index < -0.39 is 0 Å². The van der Waals surface area contributed by atoms with Crippen LogP contribution >= 0.6 is 0 Å². The number of carbonyl (C=O) groups excluding carboxylic acids is 1. The Hall–Kier alpha value is -0.650. The molecule has 3 rings (SSSR count). The maximum Gasteiger partial charge on any atom is 0.224 e. The topological polar surface area (TPSA) is 44.8 Å². The minimum Gasteiger partial charge on any atom is -0.379 e. The van der Waals surface area contributed by atoms with E-state index >= 15 is 0 Å². The highest BCUT2D eigenvalue weighted by Gasteiger charge is 2.31.